The van der Waals surface area contributed by atoms with Crippen molar-refractivity contribution in [2.75, 3.05) is 31.8 Å². The molecule has 1 heterocycles. The number of amides is 1. The molecular weight excluding hydrogens is 485 g/mol. The van der Waals surface area contributed by atoms with E-state index in [1.165, 1.54) is 17.5 Å². The van der Waals surface area contributed by atoms with Gasteiger partial charge in [0.25, 0.3) is 0 Å². The van der Waals surface area contributed by atoms with Crippen LogP contribution in [0.2, 0.25) is 5.02 Å². The number of rotatable bonds is 8. The number of benzene rings is 1. The molecule has 10 heteroatoms. The van der Waals surface area contributed by atoms with Gasteiger partial charge in [-0.1, -0.05) is 42.3 Å². The number of hydrogen-bond donors (Lipinski definition) is 1. The normalized spacial score (nSPS) is 18.3. The Morgan fingerprint density at radius 3 is 2.61 bits per heavy atom. The van der Waals surface area contributed by atoms with Gasteiger partial charge in [-0.15, -0.1) is 0 Å². The van der Waals surface area contributed by atoms with E-state index in [1.54, 1.807) is 30.5 Å². The molecular formula is C23H25Cl2N3O4S. The van der Waals surface area contributed by atoms with Crippen LogP contribution in [0.3, 0.4) is 0 Å². The van der Waals surface area contributed by atoms with Crippen molar-refractivity contribution < 1.29 is 17.9 Å². The van der Waals surface area contributed by atoms with Gasteiger partial charge in [0.1, 0.15) is 0 Å². The van der Waals surface area contributed by atoms with E-state index in [9.17, 15) is 13.2 Å². The maximum absolute atomic E-state index is 13.1. The molecule has 33 heavy (non-hydrogen) atoms. The summed E-state index contributed by atoms with van der Waals surface area (Å²) in [6, 6.07) is 10.7. The molecule has 7 nitrogen and oxygen atoms in total. The Kier molecular flexibility index (Phi) is 8.18. The largest absolute Gasteiger partial charge is 0.383 e. The third-order valence-electron chi connectivity index (χ3n) is 5.19. The van der Waals surface area contributed by atoms with Crippen molar-refractivity contribution in [3.05, 3.63) is 70.5 Å². The number of hydrogen-bond acceptors (Lipinski definition) is 5. The van der Waals surface area contributed by atoms with Gasteiger partial charge in [-0.25, -0.2) is 8.42 Å². The molecule has 0 saturated heterocycles. The molecule has 1 aliphatic rings. The lowest BCUT2D eigenvalue weighted by Crippen LogP contribution is -2.35. The van der Waals surface area contributed by atoms with E-state index in [0.717, 1.165) is 6.26 Å². The molecule has 0 radical (unpaired) electrons. The molecule has 0 bridgehead atoms. The highest BCUT2D eigenvalue weighted by Gasteiger charge is 2.33. The predicted octanol–water partition coefficient (Wildman–Crippen LogP) is 4.52. The fraction of sp³-hybridized carbons (Fsp3) is 0.304. The Morgan fingerprint density at radius 2 is 2.00 bits per heavy atom. The van der Waals surface area contributed by atoms with Gasteiger partial charge >= 0.3 is 0 Å². The minimum atomic E-state index is -3.54. The van der Waals surface area contributed by atoms with Gasteiger partial charge in [0.2, 0.25) is 15.9 Å². The van der Waals surface area contributed by atoms with E-state index in [1.807, 2.05) is 25.1 Å². The molecule has 176 valence electrons. The number of carbonyl (C=O) groups excluding carboxylic acids is 1. The van der Waals surface area contributed by atoms with Crippen LogP contribution in [0.15, 0.2) is 65.5 Å². The molecule has 2 atom stereocenters. The monoisotopic (exact) mass is 509 g/mol. The Hall–Kier alpha value is -2.39. The maximum atomic E-state index is 13.1. The van der Waals surface area contributed by atoms with Crippen LogP contribution in [0.1, 0.15) is 6.92 Å². The molecule has 2 aromatic rings. The minimum absolute atomic E-state index is 0.145. The molecule has 3 rings (SSSR count). The lowest BCUT2D eigenvalue weighted by molar-refractivity contribution is -0.119. The number of nitrogens with one attached hydrogen (secondary N) is 1. The van der Waals surface area contributed by atoms with Crippen LogP contribution in [0.4, 0.5) is 5.69 Å². The molecule has 0 aliphatic heterocycles. The van der Waals surface area contributed by atoms with Crippen LogP contribution in [0, 0.1) is 11.8 Å². The number of carbonyl (C=O) groups is 1. The molecule has 0 spiro atoms. The number of halogens is 2. The first-order valence-electron chi connectivity index (χ1n) is 10.2. The molecule has 0 saturated carbocycles. The molecule has 0 fully saturated rings. The van der Waals surface area contributed by atoms with Crippen molar-refractivity contribution in [2.24, 2.45) is 11.8 Å². The number of nitrogens with zero attached hydrogens (tertiary/aromatic N) is 2. The summed E-state index contributed by atoms with van der Waals surface area (Å²) in [5.74, 6) is -1.32. The average Bonchev–Trinajstić information content (AvgIpc) is 2.74. The number of aromatic nitrogens is 1. The fourth-order valence-corrected chi connectivity index (χ4v) is 5.14. The number of sulfonamides is 1. The van der Waals surface area contributed by atoms with Crippen molar-refractivity contribution in [3.8, 4) is 11.3 Å². The third-order valence-corrected chi connectivity index (χ3v) is 7.05. The lowest BCUT2D eigenvalue weighted by Gasteiger charge is -2.30. The topological polar surface area (TPSA) is 88.6 Å². The average molecular weight is 510 g/mol. The fourth-order valence-electron chi connectivity index (χ4n) is 3.62. The SMILES string of the molecule is COCCN(C1=CC(C)C(C(=O)Nc2ccc(Cl)c(-c3ccccn3)c2)C(Cl)=C1)S(C)(=O)=O. The smallest absolute Gasteiger partial charge is 0.233 e. The highest BCUT2D eigenvalue weighted by Crippen LogP contribution is 2.35. The predicted molar refractivity (Wildman–Crippen MR) is 131 cm³/mol. The summed E-state index contributed by atoms with van der Waals surface area (Å²) in [5, 5.41) is 3.65. The minimum Gasteiger partial charge on any atom is -0.383 e. The van der Waals surface area contributed by atoms with Crippen LogP contribution >= 0.6 is 23.2 Å². The maximum Gasteiger partial charge on any atom is 0.233 e. The Balaban J connectivity index is 1.81. The molecule has 1 N–H and O–H groups in total. The van der Waals surface area contributed by atoms with Crippen molar-refractivity contribution in [2.45, 2.75) is 6.92 Å². The summed E-state index contributed by atoms with van der Waals surface area (Å²) in [6.07, 6.45) is 6.04. The van der Waals surface area contributed by atoms with Gasteiger partial charge < -0.3 is 10.1 Å². The van der Waals surface area contributed by atoms with Crippen molar-refractivity contribution in [3.63, 3.8) is 0 Å². The summed E-state index contributed by atoms with van der Waals surface area (Å²) in [6.45, 7) is 2.19. The molecule has 2 unspecified atom stereocenters. The summed E-state index contributed by atoms with van der Waals surface area (Å²) < 4.78 is 30.7. The number of methoxy groups -OCH3 is 1. The first-order valence-corrected chi connectivity index (χ1v) is 12.8. The quantitative estimate of drug-likeness (QED) is 0.564. The van der Waals surface area contributed by atoms with Crippen LogP contribution in [-0.2, 0) is 19.6 Å². The third kappa shape index (κ3) is 6.14. The van der Waals surface area contributed by atoms with Crippen LogP contribution in [0.5, 0.6) is 0 Å². The molecule has 1 aromatic heterocycles. The lowest BCUT2D eigenvalue weighted by atomic mass is 9.87. The standard InChI is InChI=1S/C23H25Cl2N3O4S/c1-15-12-17(28(10-11-32-2)33(3,30)31)14-20(25)22(15)23(29)27-16-7-8-19(24)18(13-16)21-6-4-5-9-26-21/h4-9,12-15,22H,10-11H2,1-3H3,(H,27,29). The Morgan fingerprint density at radius 1 is 1.24 bits per heavy atom. The van der Waals surface area contributed by atoms with Gasteiger partial charge in [-0.2, -0.15) is 0 Å². The Bertz CT molecular complexity index is 1180. The zero-order valence-corrected chi connectivity index (χ0v) is 20.8. The van der Waals surface area contributed by atoms with E-state index < -0.39 is 15.9 Å². The Labute approximate surface area is 204 Å². The first kappa shape index (κ1) is 25.2. The van der Waals surface area contributed by atoms with Gasteiger partial charge in [0.05, 0.1) is 36.0 Å². The summed E-state index contributed by atoms with van der Waals surface area (Å²) in [4.78, 5) is 17.4. The van der Waals surface area contributed by atoms with Gasteiger partial charge in [0, 0.05) is 35.3 Å². The number of ether oxygens (including phenoxy) is 1. The van der Waals surface area contributed by atoms with Crippen molar-refractivity contribution in [1.29, 1.82) is 0 Å². The zero-order valence-electron chi connectivity index (χ0n) is 18.5. The van der Waals surface area contributed by atoms with E-state index in [4.69, 9.17) is 27.9 Å². The first-order chi connectivity index (χ1) is 15.6. The van der Waals surface area contributed by atoms with Crippen LogP contribution < -0.4 is 5.32 Å². The second-order valence-corrected chi connectivity index (χ2v) is 10.4. The number of pyridine rings is 1. The van der Waals surface area contributed by atoms with E-state index in [2.05, 4.69) is 10.3 Å². The zero-order chi connectivity index (χ0) is 24.2. The molecule has 1 aromatic carbocycles. The van der Waals surface area contributed by atoms with Crippen molar-refractivity contribution in [1.82, 2.24) is 9.29 Å². The summed E-state index contributed by atoms with van der Waals surface area (Å²) in [7, 11) is -2.04. The summed E-state index contributed by atoms with van der Waals surface area (Å²) in [5.41, 5.74) is 2.35. The van der Waals surface area contributed by atoms with Crippen LogP contribution in [0.25, 0.3) is 11.3 Å². The van der Waals surface area contributed by atoms with E-state index >= 15 is 0 Å². The second-order valence-electron chi connectivity index (χ2n) is 7.68. The molecule has 1 amide bonds. The van der Waals surface area contributed by atoms with E-state index in [-0.39, 0.29) is 30.0 Å². The number of anilines is 1. The van der Waals surface area contributed by atoms with Gasteiger partial charge in [-0.3, -0.25) is 14.1 Å². The highest BCUT2D eigenvalue weighted by atomic mass is 35.5. The second kappa shape index (κ2) is 10.7. The van der Waals surface area contributed by atoms with Gasteiger partial charge in [0.15, 0.2) is 0 Å². The van der Waals surface area contributed by atoms with E-state index in [0.29, 0.717) is 27.7 Å². The highest BCUT2D eigenvalue weighted by molar-refractivity contribution is 7.88. The number of allylic oxidation sites excluding steroid dienone is 2. The van der Waals surface area contributed by atoms with Crippen molar-refractivity contribution >= 4 is 44.8 Å². The van der Waals surface area contributed by atoms with Gasteiger partial charge in [-0.05, 0) is 42.3 Å². The summed E-state index contributed by atoms with van der Waals surface area (Å²) >= 11 is 12.8. The van der Waals surface area contributed by atoms with Crippen LogP contribution in [-0.4, -0.2) is 50.1 Å². The molecule has 1 aliphatic carbocycles.